The van der Waals surface area contributed by atoms with Crippen molar-refractivity contribution in [3.63, 3.8) is 0 Å². The number of fused-ring (bicyclic) bond motifs is 2. The number of benzene rings is 3. The summed E-state index contributed by atoms with van der Waals surface area (Å²) in [5, 5.41) is 11.0. The SMILES string of the molecule is O=[N+]([O-])c1ccc(-c2nc3nc4ccccc4nc3n2-c2cccc(Br)c2)cc1. The molecule has 140 valence electrons. The molecule has 8 heteroatoms. The molecule has 0 aliphatic carbocycles. The Hall–Kier alpha value is -3.65. The molecule has 0 amide bonds. The van der Waals surface area contributed by atoms with Gasteiger partial charge in [-0.15, -0.1) is 0 Å². The van der Waals surface area contributed by atoms with E-state index in [-0.39, 0.29) is 5.69 Å². The summed E-state index contributed by atoms with van der Waals surface area (Å²) in [6, 6.07) is 21.7. The molecule has 2 aromatic heterocycles. The fourth-order valence-corrected chi connectivity index (χ4v) is 3.63. The number of nitro benzene ring substituents is 1. The summed E-state index contributed by atoms with van der Waals surface area (Å²) in [5.41, 5.74) is 4.29. The highest BCUT2D eigenvalue weighted by molar-refractivity contribution is 9.10. The summed E-state index contributed by atoms with van der Waals surface area (Å²) >= 11 is 3.51. The van der Waals surface area contributed by atoms with Gasteiger partial charge >= 0.3 is 0 Å². The van der Waals surface area contributed by atoms with Gasteiger partial charge in [-0.25, -0.2) is 15.0 Å². The Balaban J connectivity index is 1.83. The van der Waals surface area contributed by atoms with E-state index in [4.69, 9.17) is 9.97 Å². The van der Waals surface area contributed by atoms with Crippen LogP contribution >= 0.6 is 15.9 Å². The van der Waals surface area contributed by atoms with Gasteiger partial charge in [-0.2, -0.15) is 0 Å². The maximum absolute atomic E-state index is 11.0. The van der Waals surface area contributed by atoms with Crippen LogP contribution in [0.2, 0.25) is 0 Å². The number of non-ortho nitro benzene ring substituents is 1. The molecule has 29 heavy (non-hydrogen) atoms. The summed E-state index contributed by atoms with van der Waals surface area (Å²) < 4.78 is 2.83. The van der Waals surface area contributed by atoms with Gasteiger partial charge in [0, 0.05) is 22.2 Å². The Labute approximate surface area is 173 Å². The number of aromatic nitrogens is 4. The highest BCUT2D eigenvalue weighted by Gasteiger charge is 2.18. The van der Waals surface area contributed by atoms with E-state index in [1.807, 2.05) is 53.1 Å². The van der Waals surface area contributed by atoms with Crippen LogP contribution in [0.3, 0.4) is 0 Å². The fraction of sp³-hybridized carbons (Fsp3) is 0. The first-order chi connectivity index (χ1) is 14.1. The zero-order valence-corrected chi connectivity index (χ0v) is 16.4. The van der Waals surface area contributed by atoms with Gasteiger partial charge in [0.2, 0.25) is 0 Å². The second-order valence-corrected chi connectivity index (χ2v) is 7.33. The monoisotopic (exact) mass is 445 g/mol. The van der Waals surface area contributed by atoms with Crippen LogP contribution in [0.25, 0.3) is 39.4 Å². The molecule has 5 aromatic rings. The predicted octanol–water partition coefficient (Wildman–Crippen LogP) is 5.31. The van der Waals surface area contributed by atoms with Crippen molar-refractivity contribution >= 4 is 43.9 Å². The number of para-hydroxylation sites is 2. The minimum Gasteiger partial charge on any atom is -0.275 e. The summed E-state index contributed by atoms with van der Waals surface area (Å²) in [6.45, 7) is 0. The van der Waals surface area contributed by atoms with Crippen LogP contribution in [0.4, 0.5) is 5.69 Å². The van der Waals surface area contributed by atoms with Gasteiger partial charge in [-0.05, 0) is 42.5 Å². The average Bonchev–Trinajstić information content (AvgIpc) is 3.10. The van der Waals surface area contributed by atoms with E-state index < -0.39 is 4.92 Å². The van der Waals surface area contributed by atoms with Crippen molar-refractivity contribution in [1.82, 2.24) is 19.5 Å². The standard InChI is InChI=1S/C21H12BrN5O2/c22-14-4-3-5-16(12-14)26-20(13-8-10-15(11-9-13)27(28)29)25-19-21(26)24-18-7-2-1-6-17(18)23-19/h1-12H. The number of halogens is 1. The molecule has 2 heterocycles. The summed E-state index contributed by atoms with van der Waals surface area (Å²) in [6.07, 6.45) is 0. The van der Waals surface area contributed by atoms with Crippen molar-refractivity contribution < 1.29 is 4.92 Å². The third-order valence-electron chi connectivity index (χ3n) is 4.57. The highest BCUT2D eigenvalue weighted by atomic mass is 79.9. The lowest BCUT2D eigenvalue weighted by Gasteiger charge is -2.09. The lowest BCUT2D eigenvalue weighted by molar-refractivity contribution is -0.384. The van der Waals surface area contributed by atoms with Gasteiger partial charge in [0.05, 0.1) is 21.6 Å². The van der Waals surface area contributed by atoms with E-state index in [1.165, 1.54) is 12.1 Å². The van der Waals surface area contributed by atoms with Crippen molar-refractivity contribution in [3.8, 4) is 17.1 Å². The number of nitro groups is 1. The number of nitrogens with zero attached hydrogens (tertiary/aromatic N) is 5. The zero-order chi connectivity index (χ0) is 20.0. The maximum atomic E-state index is 11.0. The molecule has 0 aliphatic rings. The second kappa shape index (κ2) is 6.75. The third-order valence-corrected chi connectivity index (χ3v) is 5.07. The van der Waals surface area contributed by atoms with E-state index in [2.05, 4.69) is 20.9 Å². The maximum Gasteiger partial charge on any atom is 0.269 e. The molecule has 0 spiro atoms. The van der Waals surface area contributed by atoms with Crippen LogP contribution in [-0.2, 0) is 0 Å². The van der Waals surface area contributed by atoms with Gasteiger partial charge in [-0.3, -0.25) is 14.7 Å². The Morgan fingerprint density at radius 2 is 1.59 bits per heavy atom. The Kier molecular flexibility index (Phi) is 4.06. The topological polar surface area (TPSA) is 86.7 Å². The van der Waals surface area contributed by atoms with E-state index in [1.54, 1.807) is 12.1 Å². The summed E-state index contributed by atoms with van der Waals surface area (Å²) in [4.78, 5) is 24.8. The number of hydrogen-bond donors (Lipinski definition) is 0. The lowest BCUT2D eigenvalue weighted by atomic mass is 10.2. The van der Waals surface area contributed by atoms with Crippen molar-refractivity contribution in [1.29, 1.82) is 0 Å². The Bertz CT molecular complexity index is 1400. The average molecular weight is 446 g/mol. The molecule has 0 radical (unpaired) electrons. The molecule has 0 unspecified atom stereocenters. The normalized spacial score (nSPS) is 11.2. The van der Waals surface area contributed by atoms with Crippen LogP contribution in [0.15, 0.2) is 77.3 Å². The second-order valence-electron chi connectivity index (χ2n) is 6.41. The van der Waals surface area contributed by atoms with Gasteiger partial charge in [0.25, 0.3) is 5.69 Å². The van der Waals surface area contributed by atoms with Crippen LogP contribution in [-0.4, -0.2) is 24.4 Å². The molecule has 0 atom stereocenters. The molecule has 0 N–H and O–H groups in total. The van der Waals surface area contributed by atoms with Crippen molar-refractivity contribution in [2.45, 2.75) is 0 Å². The Morgan fingerprint density at radius 1 is 0.862 bits per heavy atom. The summed E-state index contributed by atoms with van der Waals surface area (Å²) in [7, 11) is 0. The van der Waals surface area contributed by atoms with Gasteiger partial charge in [0.1, 0.15) is 5.82 Å². The minimum atomic E-state index is -0.420. The molecule has 7 nitrogen and oxygen atoms in total. The smallest absolute Gasteiger partial charge is 0.269 e. The van der Waals surface area contributed by atoms with Crippen LogP contribution < -0.4 is 0 Å². The van der Waals surface area contributed by atoms with Crippen molar-refractivity contribution in [2.24, 2.45) is 0 Å². The Morgan fingerprint density at radius 3 is 2.28 bits per heavy atom. The predicted molar refractivity (Wildman–Crippen MR) is 114 cm³/mol. The van der Waals surface area contributed by atoms with Gasteiger partial charge < -0.3 is 0 Å². The quantitative estimate of drug-likeness (QED) is 0.277. The lowest BCUT2D eigenvalue weighted by Crippen LogP contribution is -1.99. The van der Waals surface area contributed by atoms with E-state index in [0.29, 0.717) is 17.1 Å². The molecule has 0 bridgehead atoms. The van der Waals surface area contributed by atoms with Crippen molar-refractivity contribution in [3.05, 3.63) is 87.4 Å². The zero-order valence-electron chi connectivity index (χ0n) is 14.9. The molecule has 0 fully saturated rings. The highest BCUT2D eigenvalue weighted by Crippen LogP contribution is 2.30. The molecule has 0 saturated carbocycles. The number of hydrogen-bond acceptors (Lipinski definition) is 5. The van der Waals surface area contributed by atoms with Crippen molar-refractivity contribution in [2.75, 3.05) is 0 Å². The largest absolute Gasteiger partial charge is 0.275 e. The number of imidazole rings is 1. The van der Waals surface area contributed by atoms with Crippen LogP contribution in [0.1, 0.15) is 0 Å². The van der Waals surface area contributed by atoms with Crippen LogP contribution in [0.5, 0.6) is 0 Å². The molecule has 3 aromatic carbocycles. The van der Waals surface area contributed by atoms with Crippen LogP contribution in [0, 0.1) is 10.1 Å². The van der Waals surface area contributed by atoms with E-state index >= 15 is 0 Å². The number of rotatable bonds is 3. The van der Waals surface area contributed by atoms with E-state index in [9.17, 15) is 10.1 Å². The molecule has 0 saturated heterocycles. The van der Waals surface area contributed by atoms with Gasteiger partial charge in [0.15, 0.2) is 11.3 Å². The molecular weight excluding hydrogens is 434 g/mol. The fourth-order valence-electron chi connectivity index (χ4n) is 3.24. The first kappa shape index (κ1) is 17.4. The molecular formula is C21H12BrN5O2. The minimum absolute atomic E-state index is 0.0286. The molecule has 5 rings (SSSR count). The van der Waals surface area contributed by atoms with E-state index in [0.717, 1.165) is 26.8 Å². The first-order valence-electron chi connectivity index (χ1n) is 8.76. The first-order valence-corrected chi connectivity index (χ1v) is 9.55. The van der Waals surface area contributed by atoms with Gasteiger partial charge in [-0.1, -0.05) is 34.1 Å². The summed E-state index contributed by atoms with van der Waals surface area (Å²) in [5.74, 6) is 0.614. The molecule has 0 aliphatic heterocycles. The third kappa shape index (κ3) is 3.03.